The van der Waals surface area contributed by atoms with Crippen molar-refractivity contribution in [2.45, 2.75) is 63.6 Å². The molecule has 0 radical (unpaired) electrons. The Bertz CT molecular complexity index is 261. The first-order chi connectivity index (χ1) is 8.52. The van der Waals surface area contributed by atoms with Crippen molar-refractivity contribution in [2.24, 2.45) is 23.6 Å². The average Bonchev–Trinajstić information content (AvgIpc) is 2.83. The van der Waals surface area contributed by atoms with Gasteiger partial charge in [-0.15, -0.1) is 0 Å². The van der Waals surface area contributed by atoms with Gasteiger partial charge in [0.1, 0.15) is 0 Å². The van der Waals surface area contributed by atoms with Crippen LogP contribution in [0.2, 0.25) is 0 Å². The van der Waals surface area contributed by atoms with Crippen LogP contribution in [-0.4, -0.2) is 12.2 Å². The molecular formula is C13H23F3N2. The number of hydrazine groups is 1. The Hall–Kier alpha value is -0.290. The summed E-state index contributed by atoms with van der Waals surface area (Å²) in [5.41, 5.74) is 2.82. The molecule has 0 aromatic rings. The van der Waals surface area contributed by atoms with E-state index in [1.54, 1.807) is 0 Å². The van der Waals surface area contributed by atoms with E-state index >= 15 is 0 Å². The van der Waals surface area contributed by atoms with Crippen molar-refractivity contribution >= 4 is 0 Å². The molecule has 0 bridgehead atoms. The van der Waals surface area contributed by atoms with Gasteiger partial charge in [0.2, 0.25) is 0 Å². The summed E-state index contributed by atoms with van der Waals surface area (Å²) < 4.78 is 38.4. The van der Waals surface area contributed by atoms with E-state index in [0.717, 1.165) is 19.3 Å². The smallest absolute Gasteiger partial charge is 0.271 e. The van der Waals surface area contributed by atoms with Gasteiger partial charge in [0.05, 0.1) is 5.92 Å². The maximum Gasteiger partial charge on any atom is 0.391 e. The van der Waals surface area contributed by atoms with Gasteiger partial charge in [0.15, 0.2) is 0 Å². The number of nitrogens with two attached hydrogens (primary N) is 1. The van der Waals surface area contributed by atoms with Crippen molar-refractivity contribution in [3.8, 4) is 0 Å². The topological polar surface area (TPSA) is 38.0 Å². The number of halogens is 3. The molecular weight excluding hydrogens is 241 g/mol. The Kier molecular flexibility index (Phi) is 4.54. The van der Waals surface area contributed by atoms with Crippen LogP contribution in [0.25, 0.3) is 0 Å². The first kappa shape index (κ1) is 14.1. The molecule has 2 rings (SSSR count). The Morgan fingerprint density at radius 2 is 1.56 bits per heavy atom. The quantitative estimate of drug-likeness (QED) is 0.606. The molecule has 2 nitrogen and oxygen atoms in total. The van der Waals surface area contributed by atoms with Crippen molar-refractivity contribution in [3.63, 3.8) is 0 Å². The minimum atomic E-state index is -4.03. The molecule has 2 aliphatic rings. The summed E-state index contributed by atoms with van der Waals surface area (Å²) in [6, 6.07) is 0.0812. The molecule has 3 unspecified atom stereocenters. The van der Waals surface area contributed by atoms with Crippen LogP contribution in [0, 0.1) is 17.8 Å². The minimum absolute atomic E-state index is 0.0812. The fraction of sp³-hybridized carbons (Fsp3) is 1.00. The van der Waals surface area contributed by atoms with Crippen LogP contribution in [0.15, 0.2) is 0 Å². The van der Waals surface area contributed by atoms with Crippen molar-refractivity contribution in [2.75, 3.05) is 0 Å². The normalized spacial score (nSPS) is 32.7. The van der Waals surface area contributed by atoms with Crippen LogP contribution < -0.4 is 11.3 Å². The van der Waals surface area contributed by atoms with Crippen LogP contribution >= 0.6 is 0 Å². The second kappa shape index (κ2) is 5.78. The summed E-state index contributed by atoms with van der Waals surface area (Å²) in [5, 5.41) is 0. The van der Waals surface area contributed by atoms with E-state index in [0.29, 0.717) is 18.8 Å². The maximum atomic E-state index is 12.8. The van der Waals surface area contributed by atoms with E-state index in [9.17, 15) is 13.2 Å². The number of alkyl halides is 3. The molecule has 0 aromatic heterocycles. The molecule has 0 amide bonds. The fourth-order valence-electron chi connectivity index (χ4n) is 3.82. The molecule has 0 spiro atoms. The van der Waals surface area contributed by atoms with Crippen LogP contribution in [0.1, 0.15) is 51.4 Å². The maximum absolute atomic E-state index is 12.8. The Labute approximate surface area is 106 Å². The van der Waals surface area contributed by atoms with E-state index in [1.807, 2.05) is 0 Å². The average molecular weight is 264 g/mol. The van der Waals surface area contributed by atoms with E-state index < -0.39 is 12.1 Å². The third kappa shape index (κ3) is 3.18. The van der Waals surface area contributed by atoms with Crippen LogP contribution in [-0.2, 0) is 0 Å². The third-order valence-corrected chi connectivity index (χ3v) is 4.79. The van der Waals surface area contributed by atoms with Gasteiger partial charge in [-0.3, -0.25) is 11.3 Å². The van der Waals surface area contributed by atoms with E-state index in [-0.39, 0.29) is 18.4 Å². The van der Waals surface area contributed by atoms with Crippen LogP contribution in [0.3, 0.4) is 0 Å². The zero-order chi connectivity index (χ0) is 13.2. The number of nitrogens with one attached hydrogen (secondary N) is 1. The zero-order valence-electron chi connectivity index (χ0n) is 10.7. The molecule has 5 heteroatoms. The highest BCUT2D eigenvalue weighted by molar-refractivity contribution is 4.89. The molecule has 2 aliphatic carbocycles. The Morgan fingerprint density at radius 1 is 0.944 bits per heavy atom. The van der Waals surface area contributed by atoms with Crippen LogP contribution in [0.5, 0.6) is 0 Å². The lowest BCUT2D eigenvalue weighted by Crippen LogP contribution is -2.47. The van der Waals surface area contributed by atoms with Gasteiger partial charge in [-0.05, 0) is 43.9 Å². The Balaban J connectivity index is 1.97. The molecule has 0 saturated heterocycles. The summed E-state index contributed by atoms with van der Waals surface area (Å²) in [5.74, 6) is 5.06. The fourth-order valence-corrected chi connectivity index (χ4v) is 3.82. The van der Waals surface area contributed by atoms with Crippen molar-refractivity contribution in [3.05, 3.63) is 0 Å². The lowest BCUT2D eigenvalue weighted by molar-refractivity contribution is -0.187. The van der Waals surface area contributed by atoms with Crippen molar-refractivity contribution in [1.82, 2.24) is 5.43 Å². The second-order valence-corrected chi connectivity index (χ2v) is 5.90. The van der Waals surface area contributed by atoms with Gasteiger partial charge in [0.25, 0.3) is 0 Å². The summed E-state index contributed by atoms with van der Waals surface area (Å²) in [4.78, 5) is 0. The van der Waals surface area contributed by atoms with Gasteiger partial charge in [0, 0.05) is 6.04 Å². The molecule has 2 saturated carbocycles. The van der Waals surface area contributed by atoms with Gasteiger partial charge in [-0.25, -0.2) is 0 Å². The van der Waals surface area contributed by atoms with Gasteiger partial charge < -0.3 is 0 Å². The molecule has 3 atom stereocenters. The summed E-state index contributed by atoms with van der Waals surface area (Å²) in [6.07, 6.45) is 2.70. The third-order valence-electron chi connectivity index (χ3n) is 4.79. The monoisotopic (exact) mass is 264 g/mol. The predicted molar refractivity (Wildman–Crippen MR) is 64.6 cm³/mol. The molecule has 0 aliphatic heterocycles. The van der Waals surface area contributed by atoms with Gasteiger partial charge in [-0.2, -0.15) is 13.2 Å². The largest absolute Gasteiger partial charge is 0.391 e. The first-order valence-electron chi connectivity index (χ1n) is 7.05. The SMILES string of the molecule is NNC(C1CCCC1)C1CCCC(C(F)(F)F)C1. The molecule has 106 valence electrons. The first-order valence-corrected chi connectivity index (χ1v) is 7.05. The molecule has 18 heavy (non-hydrogen) atoms. The van der Waals surface area contributed by atoms with Gasteiger partial charge in [-0.1, -0.05) is 19.3 Å². The Morgan fingerprint density at radius 3 is 2.11 bits per heavy atom. The zero-order valence-corrected chi connectivity index (χ0v) is 10.7. The van der Waals surface area contributed by atoms with E-state index in [2.05, 4.69) is 5.43 Å². The number of hydrogen-bond acceptors (Lipinski definition) is 2. The summed E-state index contributed by atoms with van der Waals surface area (Å²) in [7, 11) is 0. The lowest BCUT2D eigenvalue weighted by atomic mass is 9.74. The van der Waals surface area contributed by atoms with E-state index in [4.69, 9.17) is 5.84 Å². The standard InChI is InChI=1S/C13H23F3N2/c14-13(15,16)11-7-3-6-10(8-11)12(18-17)9-4-1-2-5-9/h9-12,18H,1-8,17H2. The molecule has 3 N–H and O–H groups in total. The number of hydrogen-bond donors (Lipinski definition) is 2. The summed E-state index contributed by atoms with van der Waals surface area (Å²) >= 11 is 0. The van der Waals surface area contributed by atoms with Crippen LogP contribution in [0.4, 0.5) is 13.2 Å². The van der Waals surface area contributed by atoms with E-state index in [1.165, 1.54) is 12.8 Å². The minimum Gasteiger partial charge on any atom is -0.271 e. The van der Waals surface area contributed by atoms with Crippen molar-refractivity contribution in [1.29, 1.82) is 0 Å². The highest BCUT2D eigenvalue weighted by atomic mass is 19.4. The second-order valence-electron chi connectivity index (χ2n) is 5.90. The number of rotatable bonds is 3. The highest BCUT2D eigenvalue weighted by Crippen LogP contribution is 2.43. The molecule has 0 heterocycles. The van der Waals surface area contributed by atoms with Gasteiger partial charge >= 0.3 is 6.18 Å². The lowest BCUT2D eigenvalue weighted by Gasteiger charge is -2.37. The molecule has 2 fully saturated rings. The molecule has 0 aromatic carbocycles. The van der Waals surface area contributed by atoms with Crippen molar-refractivity contribution < 1.29 is 13.2 Å². The highest BCUT2D eigenvalue weighted by Gasteiger charge is 2.44. The summed E-state index contributed by atoms with van der Waals surface area (Å²) in [6.45, 7) is 0. The predicted octanol–water partition coefficient (Wildman–Crippen LogP) is 3.38.